The molecule has 0 aromatic carbocycles. The molecule has 1 radical (unpaired) electrons. The highest BCUT2D eigenvalue weighted by molar-refractivity contribution is 5.03. The van der Waals surface area contributed by atoms with Crippen LogP contribution in [0.4, 0.5) is 0 Å². The maximum atomic E-state index is 2.37. The first-order valence-corrected chi connectivity index (χ1v) is 6.24. The van der Waals surface area contributed by atoms with Gasteiger partial charge in [0.15, 0.2) is 0 Å². The molecule has 0 heteroatoms. The van der Waals surface area contributed by atoms with Crippen molar-refractivity contribution in [3.8, 4) is 0 Å². The Morgan fingerprint density at radius 1 is 1.23 bits per heavy atom. The smallest absolute Gasteiger partial charge is 0.0210 e. The second-order valence-electron chi connectivity index (χ2n) is 4.99. The van der Waals surface area contributed by atoms with Crippen molar-refractivity contribution in [3.05, 3.63) is 5.92 Å². The number of hydrogen-bond donors (Lipinski definition) is 0. The van der Waals surface area contributed by atoms with Crippen LogP contribution in [0.3, 0.4) is 0 Å². The van der Waals surface area contributed by atoms with Gasteiger partial charge in [0.1, 0.15) is 0 Å². The molecule has 0 spiro atoms. The molecule has 13 heavy (non-hydrogen) atoms. The van der Waals surface area contributed by atoms with Gasteiger partial charge in [0.05, 0.1) is 0 Å². The SMILES string of the molecule is CCC(CCC1CCC1)[C]1CCC1. The Balaban J connectivity index is 1.64. The van der Waals surface area contributed by atoms with E-state index in [1.54, 1.807) is 0 Å². The van der Waals surface area contributed by atoms with E-state index >= 15 is 0 Å². The molecular formula is C13H23. The molecule has 2 rings (SSSR count). The van der Waals surface area contributed by atoms with Gasteiger partial charge in [-0.3, -0.25) is 0 Å². The third-order valence-electron chi connectivity index (χ3n) is 4.21. The largest absolute Gasteiger partial charge is 0.0651 e. The minimum absolute atomic E-state index is 1.01. The van der Waals surface area contributed by atoms with Crippen LogP contribution in [0.2, 0.25) is 0 Å². The fourth-order valence-corrected chi connectivity index (χ4v) is 2.70. The average molecular weight is 179 g/mol. The highest BCUT2D eigenvalue weighted by Gasteiger charge is 2.27. The molecule has 0 aromatic rings. The van der Waals surface area contributed by atoms with Gasteiger partial charge in [-0.15, -0.1) is 0 Å². The van der Waals surface area contributed by atoms with E-state index in [9.17, 15) is 0 Å². The van der Waals surface area contributed by atoms with E-state index in [1.807, 2.05) is 5.92 Å². The van der Waals surface area contributed by atoms with Crippen molar-refractivity contribution < 1.29 is 0 Å². The summed E-state index contributed by atoms with van der Waals surface area (Å²) in [6.07, 6.45) is 13.4. The highest BCUT2D eigenvalue weighted by Crippen LogP contribution is 2.41. The van der Waals surface area contributed by atoms with Gasteiger partial charge in [0, 0.05) is 0 Å². The lowest BCUT2D eigenvalue weighted by molar-refractivity contribution is 0.257. The van der Waals surface area contributed by atoms with Gasteiger partial charge in [0.25, 0.3) is 0 Å². The van der Waals surface area contributed by atoms with Gasteiger partial charge in [-0.05, 0) is 37.0 Å². The first-order chi connectivity index (χ1) is 6.40. The molecule has 1 unspecified atom stereocenters. The molecular weight excluding hydrogens is 156 g/mol. The Morgan fingerprint density at radius 2 is 2.00 bits per heavy atom. The summed E-state index contributed by atoms with van der Waals surface area (Å²) < 4.78 is 0. The van der Waals surface area contributed by atoms with Crippen molar-refractivity contribution in [2.75, 3.05) is 0 Å². The molecule has 2 fully saturated rings. The van der Waals surface area contributed by atoms with Crippen LogP contribution in [-0.4, -0.2) is 0 Å². The summed E-state index contributed by atoms with van der Waals surface area (Å²) in [5.41, 5.74) is 0. The topological polar surface area (TPSA) is 0 Å². The summed E-state index contributed by atoms with van der Waals surface area (Å²) in [4.78, 5) is 0. The van der Waals surface area contributed by atoms with Crippen molar-refractivity contribution in [3.63, 3.8) is 0 Å². The summed E-state index contributed by atoms with van der Waals surface area (Å²) in [6.45, 7) is 2.37. The first kappa shape index (κ1) is 9.55. The van der Waals surface area contributed by atoms with Crippen molar-refractivity contribution >= 4 is 0 Å². The van der Waals surface area contributed by atoms with E-state index in [1.165, 1.54) is 57.8 Å². The van der Waals surface area contributed by atoms with Crippen molar-refractivity contribution in [1.29, 1.82) is 0 Å². The summed E-state index contributed by atoms with van der Waals surface area (Å²) in [5.74, 6) is 4.03. The van der Waals surface area contributed by atoms with Gasteiger partial charge in [0.2, 0.25) is 0 Å². The molecule has 0 aromatic heterocycles. The maximum Gasteiger partial charge on any atom is -0.0210 e. The Hall–Kier alpha value is 0. The van der Waals surface area contributed by atoms with Crippen LogP contribution in [0.25, 0.3) is 0 Å². The fraction of sp³-hybridized carbons (Fsp3) is 0.923. The van der Waals surface area contributed by atoms with Gasteiger partial charge in [-0.25, -0.2) is 0 Å². The first-order valence-electron chi connectivity index (χ1n) is 6.24. The molecule has 2 aliphatic carbocycles. The van der Waals surface area contributed by atoms with Crippen LogP contribution in [0.1, 0.15) is 64.7 Å². The molecule has 0 nitrogen and oxygen atoms in total. The van der Waals surface area contributed by atoms with Crippen LogP contribution in [0, 0.1) is 17.8 Å². The van der Waals surface area contributed by atoms with Crippen LogP contribution in [0.5, 0.6) is 0 Å². The summed E-state index contributed by atoms with van der Waals surface area (Å²) >= 11 is 0. The van der Waals surface area contributed by atoms with E-state index in [2.05, 4.69) is 6.92 Å². The van der Waals surface area contributed by atoms with Gasteiger partial charge >= 0.3 is 0 Å². The zero-order chi connectivity index (χ0) is 9.10. The van der Waals surface area contributed by atoms with Crippen LogP contribution in [0.15, 0.2) is 0 Å². The second-order valence-corrected chi connectivity index (χ2v) is 4.99. The maximum absolute atomic E-state index is 2.37. The Morgan fingerprint density at radius 3 is 2.38 bits per heavy atom. The summed E-state index contributed by atoms with van der Waals surface area (Å²) in [7, 11) is 0. The summed E-state index contributed by atoms with van der Waals surface area (Å²) in [6, 6.07) is 0. The quantitative estimate of drug-likeness (QED) is 0.588. The predicted molar refractivity (Wildman–Crippen MR) is 57.5 cm³/mol. The number of hydrogen-bond acceptors (Lipinski definition) is 0. The standard InChI is InChI=1S/C13H23/c1-2-12(13-7-4-8-13)10-9-11-5-3-6-11/h11-12H,2-10H2,1H3. The van der Waals surface area contributed by atoms with Crippen LogP contribution < -0.4 is 0 Å². The second kappa shape index (κ2) is 4.48. The Kier molecular flexibility index (Phi) is 3.29. The average Bonchev–Trinajstić information content (AvgIpc) is 1.96. The van der Waals surface area contributed by atoms with E-state index in [0.717, 1.165) is 11.8 Å². The predicted octanol–water partition coefficient (Wildman–Crippen LogP) is 4.35. The lowest BCUT2D eigenvalue weighted by Gasteiger charge is -2.34. The summed E-state index contributed by atoms with van der Waals surface area (Å²) in [5, 5.41) is 0. The van der Waals surface area contributed by atoms with Crippen molar-refractivity contribution in [2.45, 2.75) is 64.7 Å². The minimum atomic E-state index is 1.01. The highest BCUT2D eigenvalue weighted by atomic mass is 14.3. The molecule has 1 atom stereocenters. The van der Waals surface area contributed by atoms with Crippen LogP contribution in [-0.2, 0) is 0 Å². The monoisotopic (exact) mass is 179 g/mol. The fourth-order valence-electron chi connectivity index (χ4n) is 2.70. The molecule has 0 N–H and O–H groups in total. The number of rotatable bonds is 5. The zero-order valence-corrected chi connectivity index (χ0v) is 9.02. The van der Waals surface area contributed by atoms with E-state index in [0.29, 0.717) is 0 Å². The molecule has 0 amide bonds. The molecule has 0 saturated heterocycles. The minimum Gasteiger partial charge on any atom is -0.0651 e. The third-order valence-corrected chi connectivity index (χ3v) is 4.21. The van der Waals surface area contributed by atoms with E-state index in [-0.39, 0.29) is 0 Å². The lowest BCUT2D eigenvalue weighted by Crippen LogP contribution is -2.21. The Bertz CT molecular complexity index is 142. The van der Waals surface area contributed by atoms with E-state index < -0.39 is 0 Å². The molecule has 0 heterocycles. The van der Waals surface area contributed by atoms with Gasteiger partial charge < -0.3 is 0 Å². The van der Waals surface area contributed by atoms with Crippen molar-refractivity contribution in [2.24, 2.45) is 11.8 Å². The van der Waals surface area contributed by atoms with E-state index in [4.69, 9.17) is 0 Å². The molecule has 0 aliphatic heterocycles. The molecule has 75 valence electrons. The normalized spacial score (nSPS) is 26.5. The molecule has 2 saturated carbocycles. The van der Waals surface area contributed by atoms with Gasteiger partial charge in [-0.1, -0.05) is 45.4 Å². The van der Waals surface area contributed by atoms with Crippen LogP contribution >= 0.6 is 0 Å². The Labute approximate surface area is 83.1 Å². The third kappa shape index (κ3) is 2.27. The van der Waals surface area contributed by atoms with Gasteiger partial charge in [-0.2, -0.15) is 0 Å². The molecule has 2 aliphatic rings. The van der Waals surface area contributed by atoms with Crippen molar-refractivity contribution in [1.82, 2.24) is 0 Å². The zero-order valence-electron chi connectivity index (χ0n) is 9.02. The molecule has 0 bridgehead atoms. The lowest BCUT2D eigenvalue weighted by atomic mass is 9.71.